The SMILES string of the molecule is CCNc1ncc(Br)c(N2CCc3ccccc32)n1. The van der Waals surface area contributed by atoms with Gasteiger partial charge in [-0.2, -0.15) is 4.98 Å². The molecule has 19 heavy (non-hydrogen) atoms. The third-order valence-corrected chi connectivity index (χ3v) is 3.76. The average Bonchev–Trinajstić information content (AvgIpc) is 2.85. The zero-order chi connectivity index (χ0) is 13.2. The molecule has 1 aliphatic heterocycles. The van der Waals surface area contributed by atoms with Crippen LogP contribution >= 0.6 is 15.9 Å². The van der Waals surface area contributed by atoms with Crippen molar-refractivity contribution < 1.29 is 0 Å². The summed E-state index contributed by atoms with van der Waals surface area (Å²) in [6, 6.07) is 8.47. The lowest BCUT2D eigenvalue weighted by Gasteiger charge is -2.20. The van der Waals surface area contributed by atoms with Gasteiger partial charge in [0.15, 0.2) is 5.82 Å². The Labute approximate surface area is 121 Å². The monoisotopic (exact) mass is 318 g/mol. The Hall–Kier alpha value is -1.62. The van der Waals surface area contributed by atoms with E-state index in [4.69, 9.17) is 0 Å². The van der Waals surface area contributed by atoms with Crippen molar-refractivity contribution in [2.75, 3.05) is 23.3 Å². The molecule has 0 spiro atoms. The fourth-order valence-electron chi connectivity index (χ4n) is 2.35. The minimum absolute atomic E-state index is 0.671. The number of nitrogens with one attached hydrogen (secondary N) is 1. The lowest BCUT2D eigenvalue weighted by atomic mass is 10.2. The number of para-hydroxylation sites is 1. The quantitative estimate of drug-likeness (QED) is 0.942. The molecular formula is C14H15BrN4. The van der Waals surface area contributed by atoms with Gasteiger partial charge in [-0.15, -0.1) is 0 Å². The smallest absolute Gasteiger partial charge is 0.224 e. The summed E-state index contributed by atoms with van der Waals surface area (Å²) in [5.41, 5.74) is 2.61. The van der Waals surface area contributed by atoms with Gasteiger partial charge in [-0.25, -0.2) is 4.98 Å². The van der Waals surface area contributed by atoms with Crippen LogP contribution in [0.4, 0.5) is 17.5 Å². The molecule has 5 heteroatoms. The van der Waals surface area contributed by atoms with Gasteiger partial charge in [-0.05, 0) is 40.9 Å². The molecule has 0 atom stereocenters. The first kappa shape index (κ1) is 12.4. The first-order valence-corrected chi connectivity index (χ1v) is 7.20. The van der Waals surface area contributed by atoms with Crippen LogP contribution in [0, 0.1) is 0 Å². The Morgan fingerprint density at radius 2 is 2.21 bits per heavy atom. The molecule has 3 rings (SSSR count). The number of hydrogen-bond acceptors (Lipinski definition) is 4. The molecule has 1 aromatic carbocycles. The van der Waals surface area contributed by atoms with E-state index in [-0.39, 0.29) is 0 Å². The molecular weight excluding hydrogens is 304 g/mol. The van der Waals surface area contributed by atoms with Gasteiger partial charge in [-0.3, -0.25) is 0 Å². The van der Waals surface area contributed by atoms with Gasteiger partial charge in [0.25, 0.3) is 0 Å². The van der Waals surface area contributed by atoms with Gasteiger partial charge in [0.05, 0.1) is 4.47 Å². The maximum absolute atomic E-state index is 4.60. The van der Waals surface area contributed by atoms with E-state index in [0.29, 0.717) is 5.95 Å². The van der Waals surface area contributed by atoms with E-state index in [1.807, 2.05) is 6.92 Å². The van der Waals surface area contributed by atoms with Crippen molar-refractivity contribution in [3.8, 4) is 0 Å². The minimum Gasteiger partial charge on any atom is -0.354 e. The fourth-order valence-corrected chi connectivity index (χ4v) is 2.75. The van der Waals surface area contributed by atoms with Gasteiger partial charge in [0.1, 0.15) is 0 Å². The zero-order valence-electron chi connectivity index (χ0n) is 10.7. The third-order valence-electron chi connectivity index (χ3n) is 3.20. The van der Waals surface area contributed by atoms with Crippen LogP contribution < -0.4 is 10.2 Å². The predicted octanol–water partition coefficient (Wildman–Crippen LogP) is 3.37. The Morgan fingerprint density at radius 1 is 1.37 bits per heavy atom. The van der Waals surface area contributed by atoms with Crippen molar-refractivity contribution in [2.24, 2.45) is 0 Å². The summed E-state index contributed by atoms with van der Waals surface area (Å²) < 4.78 is 0.922. The lowest BCUT2D eigenvalue weighted by Crippen LogP contribution is -2.16. The molecule has 0 saturated heterocycles. The molecule has 1 aromatic heterocycles. The summed E-state index contributed by atoms with van der Waals surface area (Å²) in [6.07, 6.45) is 2.87. The molecule has 98 valence electrons. The number of anilines is 3. The lowest BCUT2D eigenvalue weighted by molar-refractivity contribution is 0.955. The number of halogens is 1. The topological polar surface area (TPSA) is 41.1 Å². The maximum Gasteiger partial charge on any atom is 0.224 e. The molecule has 0 unspecified atom stereocenters. The highest BCUT2D eigenvalue weighted by molar-refractivity contribution is 9.10. The number of nitrogens with zero attached hydrogens (tertiary/aromatic N) is 3. The van der Waals surface area contributed by atoms with Crippen LogP contribution in [0.3, 0.4) is 0 Å². The number of rotatable bonds is 3. The number of hydrogen-bond donors (Lipinski definition) is 1. The first-order valence-electron chi connectivity index (χ1n) is 6.41. The standard InChI is InChI=1S/C14H15BrN4/c1-2-16-14-17-9-11(15)13(18-14)19-8-7-10-5-3-4-6-12(10)19/h3-6,9H,2,7-8H2,1H3,(H,16,17,18). The van der Waals surface area contributed by atoms with Crippen molar-refractivity contribution in [1.29, 1.82) is 0 Å². The zero-order valence-corrected chi connectivity index (χ0v) is 12.3. The van der Waals surface area contributed by atoms with E-state index in [0.717, 1.165) is 29.8 Å². The second-order valence-corrected chi connectivity index (χ2v) is 5.28. The van der Waals surface area contributed by atoms with E-state index in [1.165, 1.54) is 11.3 Å². The van der Waals surface area contributed by atoms with Crippen molar-refractivity contribution in [2.45, 2.75) is 13.3 Å². The summed E-state index contributed by atoms with van der Waals surface area (Å²) in [6.45, 7) is 3.81. The number of benzene rings is 1. The van der Waals surface area contributed by atoms with E-state index in [9.17, 15) is 0 Å². The molecule has 0 aliphatic carbocycles. The fraction of sp³-hybridized carbons (Fsp3) is 0.286. The highest BCUT2D eigenvalue weighted by Gasteiger charge is 2.23. The van der Waals surface area contributed by atoms with Crippen LogP contribution in [0.2, 0.25) is 0 Å². The molecule has 0 amide bonds. The highest BCUT2D eigenvalue weighted by Crippen LogP contribution is 2.36. The summed E-state index contributed by atoms with van der Waals surface area (Å²) in [5, 5.41) is 3.15. The second kappa shape index (κ2) is 5.17. The molecule has 0 fully saturated rings. The Kier molecular flexibility index (Phi) is 3.38. The minimum atomic E-state index is 0.671. The van der Waals surface area contributed by atoms with E-state index in [1.54, 1.807) is 6.20 Å². The van der Waals surface area contributed by atoms with Crippen LogP contribution in [0.5, 0.6) is 0 Å². The number of fused-ring (bicyclic) bond motifs is 1. The normalized spacial score (nSPS) is 13.5. The van der Waals surface area contributed by atoms with Crippen molar-refractivity contribution >= 4 is 33.4 Å². The molecule has 2 heterocycles. The molecule has 0 saturated carbocycles. The summed E-state index contributed by atoms with van der Waals surface area (Å²) >= 11 is 3.55. The van der Waals surface area contributed by atoms with Crippen LogP contribution in [0.15, 0.2) is 34.9 Å². The van der Waals surface area contributed by atoms with Gasteiger partial charge < -0.3 is 10.2 Å². The third kappa shape index (κ3) is 2.30. The highest BCUT2D eigenvalue weighted by atomic mass is 79.9. The first-order chi connectivity index (χ1) is 9.29. The average molecular weight is 319 g/mol. The molecule has 2 aromatic rings. The Bertz CT molecular complexity index is 600. The van der Waals surface area contributed by atoms with Crippen molar-refractivity contribution in [3.63, 3.8) is 0 Å². The van der Waals surface area contributed by atoms with Crippen LogP contribution in [-0.4, -0.2) is 23.1 Å². The summed E-state index contributed by atoms with van der Waals surface area (Å²) in [7, 11) is 0. The van der Waals surface area contributed by atoms with Crippen LogP contribution in [-0.2, 0) is 6.42 Å². The van der Waals surface area contributed by atoms with E-state index in [2.05, 4.69) is 60.4 Å². The van der Waals surface area contributed by atoms with Crippen LogP contribution in [0.1, 0.15) is 12.5 Å². The van der Waals surface area contributed by atoms with Crippen molar-refractivity contribution in [1.82, 2.24) is 9.97 Å². The second-order valence-electron chi connectivity index (χ2n) is 4.43. The molecule has 0 radical (unpaired) electrons. The Balaban J connectivity index is 2.01. The predicted molar refractivity (Wildman–Crippen MR) is 81.0 cm³/mol. The van der Waals surface area contributed by atoms with Crippen LogP contribution in [0.25, 0.3) is 0 Å². The van der Waals surface area contributed by atoms with Crippen molar-refractivity contribution in [3.05, 3.63) is 40.5 Å². The van der Waals surface area contributed by atoms with Gasteiger partial charge in [0, 0.05) is 25.0 Å². The van der Waals surface area contributed by atoms with E-state index >= 15 is 0 Å². The number of aromatic nitrogens is 2. The van der Waals surface area contributed by atoms with Gasteiger partial charge in [0.2, 0.25) is 5.95 Å². The molecule has 4 nitrogen and oxygen atoms in total. The molecule has 1 aliphatic rings. The Morgan fingerprint density at radius 3 is 3.05 bits per heavy atom. The summed E-state index contributed by atoms with van der Waals surface area (Å²) in [4.78, 5) is 11.1. The largest absolute Gasteiger partial charge is 0.354 e. The van der Waals surface area contributed by atoms with Gasteiger partial charge in [-0.1, -0.05) is 18.2 Å². The molecule has 0 bridgehead atoms. The summed E-state index contributed by atoms with van der Waals surface area (Å²) in [5.74, 6) is 1.60. The molecule has 1 N–H and O–H groups in total. The maximum atomic E-state index is 4.60. The van der Waals surface area contributed by atoms with Gasteiger partial charge >= 0.3 is 0 Å². The van der Waals surface area contributed by atoms with E-state index < -0.39 is 0 Å².